The van der Waals surface area contributed by atoms with Crippen molar-refractivity contribution in [3.63, 3.8) is 0 Å². The number of para-hydroxylation sites is 1. The standard InChI is InChI=1S/C13H9N5O2/c14-8-11(16)12(9-15)17-7-3-5-10-4-1-2-6-13(10)18(19)20/h1-7H,16H2/b5-3+,12-11+,17-7+. The zero-order valence-electron chi connectivity index (χ0n) is 10.2. The van der Waals surface area contributed by atoms with Gasteiger partial charge in [0.05, 0.1) is 10.5 Å². The fraction of sp³-hybridized carbons (Fsp3) is 0. The maximum Gasteiger partial charge on any atom is 0.276 e. The Kier molecular flexibility index (Phi) is 5.18. The van der Waals surface area contributed by atoms with Crippen LogP contribution in [0.3, 0.4) is 0 Å². The summed E-state index contributed by atoms with van der Waals surface area (Å²) in [6, 6.07) is 9.46. The molecule has 2 N–H and O–H groups in total. The van der Waals surface area contributed by atoms with E-state index in [1.165, 1.54) is 24.4 Å². The Hall–Kier alpha value is -3.45. The Morgan fingerprint density at radius 2 is 2.05 bits per heavy atom. The van der Waals surface area contributed by atoms with Crippen LogP contribution in [0.4, 0.5) is 5.69 Å². The van der Waals surface area contributed by atoms with Crippen molar-refractivity contribution in [2.45, 2.75) is 0 Å². The number of hydrogen-bond acceptors (Lipinski definition) is 6. The van der Waals surface area contributed by atoms with Gasteiger partial charge in [-0.3, -0.25) is 10.1 Å². The molecule has 0 saturated carbocycles. The number of benzene rings is 1. The first-order valence-electron chi connectivity index (χ1n) is 5.34. The number of allylic oxidation sites excluding steroid dienone is 3. The highest BCUT2D eigenvalue weighted by Gasteiger charge is 2.08. The van der Waals surface area contributed by atoms with Crippen LogP contribution in [0.25, 0.3) is 6.08 Å². The summed E-state index contributed by atoms with van der Waals surface area (Å²) in [5.41, 5.74) is 5.12. The van der Waals surface area contributed by atoms with E-state index in [1.54, 1.807) is 30.3 Å². The van der Waals surface area contributed by atoms with E-state index in [1.807, 2.05) is 0 Å². The first-order chi connectivity index (χ1) is 9.60. The van der Waals surface area contributed by atoms with Gasteiger partial charge in [0.15, 0.2) is 5.70 Å². The Morgan fingerprint density at radius 3 is 2.65 bits per heavy atom. The van der Waals surface area contributed by atoms with Crippen LogP contribution in [0.1, 0.15) is 5.56 Å². The van der Waals surface area contributed by atoms with Crippen molar-refractivity contribution in [1.29, 1.82) is 10.5 Å². The highest BCUT2D eigenvalue weighted by molar-refractivity contribution is 5.81. The van der Waals surface area contributed by atoms with Gasteiger partial charge in [0.25, 0.3) is 5.69 Å². The lowest BCUT2D eigenvalue weighted by Crippen LogP contribution is -1.97. The molecule has 0 aliphatic heterocycles. The molecule has 98 valence electrons. The topological polar surface area (TPSA) is 129 Å². The molecule has 0 fully saturated rings. The Labute approximate surface area is 114 Å². The lowest BCUT2D eigenvalue weighted by atomic mass is 10.1. The predicted octanol–water partition coefficient (Wildman–Crippen LogP) is 1.90. The molecule has 0 atom stereocenters. The summed E-state index contributed by atoms with van der Waals surface area (Å²) in [6.45, 7) is 0. The molecule has 1 aromatic carbocycles. The molecule has 0 aliphatic rings. The van der Waals surface area contributed by atoms with Gasteiger partial charge < -0.3 is 5.73 Å². The van der Waals surface area contributed by atoms with E-state index in [0.29, 0.717) is 5.56 Å². The maximum atomic E-state index is 10.8. The van der Waals surface area contributed by atoms with E-state index in [9.17, 15) is 10.1 Å². The molecule has 7 heteroatoms. The van der Waals surface area contributed by atoms with Crippen molar-refractivity contribution < 1.29 is 4.92 Å². The molecule has 7 nitrogen and oxygen atoms in total. The van der Waals surface area contributed by atoms with Crippen LogP contribution in [0.15, 0.2) is 46.7 Å². The minimum atomic E-state index is -0.495. The lowest BCUT2D eigenvalue weighted by Gasteiger charge is -1.95. The van der Waals surface area contributed by atoms with E-state index in [-0.39, 0.29) is 17.1 Å². The molecule has 0 spiro atoms. The van der Waals surface area contributed by atoms with E-state index in [4.69, 9.17) is 16.3 Å². The maximum absolute atomic E-state index is 10.8. The van der Waals surface area contributed by atoms with Crippen LogP contribution in [-0.2, 0) is 0 Å². The van der Waals surface area contributed by atoms with Gasteiger partial charge in [-0.1, -0.05) is 12.1 Å². The van der Waals surface area contributed by atoms with Crippen molar-refractivity contribution in [1.82, 2.24) is 0 Å². The second kappa shape index (κ2) is 7.09. The third kappa shape index (κ3) is 3.79. The number of nitro groups is 1. The predicted molar refractivity (Wildman–Crippen MR) is 73.1 cm³/mol. The molecule has 1 aromatic rings. The SMILES string of the molecule is N#C\C(N)=C(C#N)/N=C/C=C/c1ccccc1[N+](=O)[O-]. The molecule has 0 amide bonds. The average Bonchev–Trinajstić information content (AvgIpc) is 2.47. The molecule has 0 unspecified atom stereocenters. The Balaban J connectivity index is 2.94. The summed E-state index contributed by atoms with van der Waals surface area (Å²) in [7, 11) is 0. The zero-order chi connectivity index (χ0) is 15.0. The fourth-order valence-corrected chi connectivity index (χ4v) is 1.27. The van der Waals surface area contributed by atoms with Gasteiger partial charge in [0.2, 0.25) is 0 Å². The molecule has 0 radical (unpaired) electrons. The molecule has 0 aliphatic carbocycles. The number of aliphatic imine (C=N–C) groups is 1. The molecule has 0 saturated heterocycles. The highest BCUT2D eigenvalue weighted by Crippen LogP contribution is 2.18. The third-order valence-electron chi connectivity index (χ3n) is 2.18. The Morgan fingerprint density at radius 1 is 1.35 bits per heavy atom. The number of nitrogens with two attached hydrogens (primary N) is 1. The summed E-state index contributed by atoms with van der Waals surface area (Å²) in [5.74, 6) is 0. The summed E-state index contributed by atoms with van der Waals surface area (Å²) >= 11 is 0. The van der Waals surface area contributed by atoms with Crippen LogP contribution in [0.5, 0.6) is 0 Å². The summed E-state index contributed by atoms with van der Waals surface area (Å²) in [4.78, 5) is 14.0. The van der Waals surface area contributed by atoms with Gasteiger partial charge in [0, 0.05) is 12.3 Å². The molecule has 20 heavy (non-hydrogen) atoms. The molecule has 0 bridgehead atoms. The largest absolute Gasteiger partial charge is 0.388 e. The number of nitro benzene ring substituents is 1. The van der Waals surface area contributed by atoms with Gasteiger partial charge in [-0.05, 0) is 18.2 Å². The van der Waals surface area contributed by atoms with Crippen LogP contribution in [-0.4, -0.2) is 11.1 Å². The van der Waals surface area contributed by atoms with Crippen molar-refractivity contribution >= 4 is 18.0 Å². The molecule has 0 heterocycles. The Bertz CT molecular complexity index is 689. The minimum absolute atomic E-state index is 0.0373. The number of rotatable bonds is 4. The van der Waals surface area contributed by atoms with E-state index < -0.39 is 4.92 Å². The van der Waals surface area contributed by atoms with E-state index in [0.717, 1.165) is 0 Å². The first-order valence-corrected chi connectivity index (χ1v) is 5.34. The normalized spacial score (nSPS) is 11.9. The monoisotopic (exact) mass is 267 g/mol. The molecule has 0 aromatic heterocycles. The van der Waals surface area contributed by atoms with Crippen molar-refractivity contribution in [3.8, 4) is 12.1 Å². The quantitative estimate of drug-likeness (QED) is 0.385. The van der Waals surface area contributed by atoms with E-state index in [2.05, 4.69) is 4.99 Å². The smallest absolute Gasteiger partial charge is 0.276 e. The fourth-order valence-electron chi connectivity index (χ4n) is 1.27. The molecular formula is C13H9N5O2. The second-order valence-corrected chi connectivity index (χ2v) is 3.44. The van der Waals surface area contributed by atoms with Gasteiger partial charge in [-0.15, -0.1) is 0 Å². The van der Waals surface area contributed by atoms with Crippen molar-refractivity contribution in [2.24, 2.45) is 10.7 Å². The third-order valence-corrected chi connectivity index (χ3v) is 2.18. The van der Waals surface area contributed by atoms with Crippen molar-refractivity contribution in [2.75, 3.05) is 0 Å². The first kappa shape index (κ1) is 14.6. The van der Waals surface area contributed by atoms with Gasteiger partial charge in [-0.25, -0.2) is 4.99 Å². The average molecular weight is 267 g/mol. The highest BCUT2D eigenvalue weighted by atomic mass is 16.6. The zero-order valence-corrected chi connectivity index (χ0v) is 10.2. The van der Waals surface area contributed by atoms with Gasteiger partial charge in [0.1, 0.15) is 17.8 Å². The summed E-state index contributed by atoms with van der Waals surface area (Å²) in [5, 5.41) is 28.0. The minimum Gasteiger partial charge on any atom is -0.388 e. The van der Waals surface area contributed by atoms with Gasteiger partial charge in [-0.2, -0.15) is 10.5 Å². The van der Waals surface area contributed by atoms with Crippen LogP contribution in [0.2, 0.25) is 0 Å². The van der Waals surface area contributed by atoms with Crippen LogP contribution in [0, 0.1) is 32.8 Å². The lowest BCUT2D eigenvalue weighted by molar-refractivity contribution is -0.385. The van der Waals surface area contributed by atoms with Gasteiger partial charge >= 0.3 is 0 Å². The summed E-state index contributed by atoms with van der Waals surface area (Å²) in [6.07, 6.45) is 4.13. The van der Waals surface area contributed by atoms with E-state index >= 15 is 0 Å². The molecule has 1 rings (SSSR count). The number of hydrogen-bond donors (Lipinski definition) is 1. The number of nitriles is 2. The van der Waals surface area contributed by atoms with Crippen molar-refractivity contribution in [3.05, 3.63) is 57.4 Å². The number of nitrogens with zero attached hydrogens (tertiary/aromatic N) is 4. The van der Waals surface area contributed by atoms with Crippen LogP contribution >= 0.6 is 0 Å². The molecular weight excluding hydrogens is 258 g/mol. The second-order valence-electron chi connectivity index (χ2n) is 3.44. The van der Waals surface area contributed by atoms with Crippen LogP contribution < -0.4 is 5.73 Å². The summed E-state index contributed by atoms with van der Waals surface area (Å²) < 4.78 is 0.